The van der Waals surface area contributed by atoms with Crippen molar-refractivity contribution in [3.8, 4) is 0 Å². The van der Waals surface area contributed by atoms with Crippen molar-refractivity contribution in [3.05, 3.63) is 0 Å². The number of rotatable bonds is 9. The summed E-state index contributed by atoms with van der Waals surface area (Å²) in [5.41, 5.74) is 0. The normalized spacial score (nSPS) is 18.8. The minimum atomic E-state index is 0.763. The van der Waals surface area contributed by atoms with Crippen LogP contribution in [-0.2, 0) is 4.74 Å². The van der Waals surface area contributed by atoms with Crippen LogP contribution in [-0.4, -0.2) is 25.8 Å². The summed E-state index contributed by atoms with van der Waals surface area (Å²) < 4.78 is 5.39. The molecule has 0 amide bonds. The van der Waals surface area contributed by atoms with E-state index in [4.69, 9.17) is 4.74 Å². The van der Waals surface area contributed by atoms with Crippen LogP contribution in [0.3, 0.4) is 0 Å². The van der Waals surface area contributed by atoms with Crippen molar-refractivity contribution in [1.82, 2.24) is 5.32 Å². The molecule has 2 nitrogen and oxygen atoms in total. The fourth-order valence-corrected chi connectivity index (χ4v) is 2.23. The van der Waals surface area contributed by atoms with Gasteiger partial charge in [-0.2, -0.15) is 0 Å². The largest absolute Gasteiger partial charge is 0.382 e. The zero-order valence-electron chi connectivity index (χ0n) is 10.4. The maximum atomic E-state index is 5.39. The minimum absolute atomic E-state index is 0.763. The summed E-state index contributed by atoms with van der Waals surface area (Å²) >= 11 is 0. The van der Waals surface area contributed by atoms with Crippen molar-refractivity contribution >= 4 is 0 Å². The fraction of sp³-hybridized carbons (Fsp3) is 1.00. The van der Waals surface area contributed by atoms with E-state index in [0.717, 1.165) is 25.2 Å². The van der Waals surface area contributed by atoms with Gasteiger partial charge < -0.3 is 10.1 Å². The van der Waals surface area contributed by atoms with E-state index in [-0.39, 0.29) is 0 Å². The van der Waals surface area contributed by atoms with E-state index in [0.29, 0.717) is 0 Å². The Bertz CT molecular complexity index is 145. The molecule has 0 aromatic heterocycles. The van der Waals surface area contributed by atoms with E-state index in [1.54, 1.807) is 0 Å². The van der Waals surface area contributed by atoms with Gasteiger partial charge in [-0.3, -0.25) is 0 Å². The van der Waals surface area contributed by atoms with Gasteiger partial charge >= 0.3 is 0 Å². The molecule has 0 spiro atoms. The lowest BCUT2D eigenvalue weighted by molar-refractivity contribution is 0.132. The van der Waals surface area contributed by atoms with Gasteiger partial charge in [0, 0.05) is 19.3 Å². The van der Waals surface area contributed by atoms with E-state index in [1.165, 1.54) is 45.1 Å². The third kappa shape index (κ3) is 4.98. The Labute approximate surface area is 94.8 Å². The SMILES string of the molecule is CCCNC(CCCOCC)C1CCC1. The Balaban J connectivity index is 2.10. The van der Waals surface area contributed by atoms with Gasteiger partial charge in [-0.1, -0.05) is 13.3 Å². The number of hydrogen-bond acceptors (Lipinski definition) is 2. The maximum Gasteiger partial charge on any atom is 0.0466 e. The maximum absolute atomic E-state index is 5.39. The molecule has 0 aliphatic heterocycles. The Hall–Kier alpha value is -0.0800. The topological polar surface area (TPSA) is 21.3 Å². The molecule has 1 rings (SSSR count). The molecule has 0 bridgehead atoms. The Morgan fingerprint density at radius 3 is 2.67 bits per heavy atom. The van der Waals surface area contributed by atoms with Gasteiger partial charge in [-0.05, 0) is 51.5 Å². The minimum Gasteiger partial charge on any atom is -0.382 e. The second-order valence-electron chi connectivity index (χ2n) is 4.59. The summed E-state index contributed by atoms with van der Waals surface area (Å²) in [5.74, 6) is 0.957. The van der Waals surface area contributed by atoms with Crippen LogP contribution in [0.2, 0.25) is 0 Å². The third-order valence-corrected chi connectivity index (χ3v) is 3.38. The van der Waals surface area contributed by atoms with Crippen LogP contribution in [0.4, 0.5) is 0 Å². The van der Waals surface area contributed by atoms with Gasteiger partial charge in [0.2, 0.25) is 0 Å². The van der Waals surface area contributed by atoms with Crippen molar-refractivity contribution in [2.24, 2.45) is 5.92 Å². The molecule has 1 atom stereocenters. The molecule has 90 valence electrons. The van der Waals surface area contributed by atoms with Crippen LogP contribution in [0.25, 0.3) is 0 Å². The highest BCUT2D eigenvalue weighted by molar-refractivity contribution is 4.82. The van der Waals surface area contributed by atoms with E-state index in [1.807, 2.05) is 0 Å². The molecular formula is C13H27NO. The summed E-state index contributed by atoms with van der Waals surface area (Å²) in [4.78, 5) is 0. The quantitative estimate of drug-likeness (QED) is 0.595. The molecule has 1 saturated carbocycles. The van der Waals surface area contributed by atoms with Gasteiger partial charge in [-0.25, -0.2) is 0 Å². The molecule has 1 unspecified atom stereocenters. The molecule has 0 radical (unpaired) electrons. The lowest BCUT2D eigenvalue weighted by Crippen LogP contribution is -2.40. The molecule has 1 aliphatic carbocycles. The van der Waals surface area contributed by atoms with Crippen LogP contribution in [0.1, 0.15) is 52.4 Å². The third-order valence-electron chi connectivity index (χ3n) is 3.38. The summed E-state index contributed by atoms with van der Waals surface area (Å²) in [6, 6.07) is 0.763. The highest BCUT2D eigenvalue weighted by Gasteiger charge is 2.25. The average molecular weight is 213 g/mol. The van der Waals surface area contributed by atoms with E-state index in [9.17, 15) is 0 Å². The lowest BCUT2D eigenvalue weighted by atomic mass is 9.78. The van der Waals surface area contributed by atoms with Crippen molar-refractivity contribution in [2.45, 2.75) is 58.4 Å². The van der Waals surface area contributed by atoms with Gasteiger partial charge in [0.15, 0.2) is 0 Å². The molecule has 1 aliphatic rings. The predicted octanol–water partition coefficient (Wildman–Crippen LogP) is 2.97. The van der Waals surface area contributed by atoms with E-state index >= 15 is 0 Å². The van der Waals surface area contributed by atoms with Gasteiger partial charge in [0.25, 0.3) is 0 Å². The highest BCUT2D eigenvalue weighted by atomic mass is 16.5. The number of hydrogen-bond donors (Lipinski definition) is 1. The summed E-state index contributed by atoms with van der Waals surface area (Å²) in [7, 11) is 0. The first-order chi connectivity index (χ1) is 7.38. The number of nitrogens with one attached hydrogen (secondary N) is 1. The second kappa shape index (κ2) is 8.12. The molecular weight excluding hydrogens is 186 g/mol. The van der Waals surface area contributed by atoms with Crippen molar-refractivity contribution < 1.29 is 4.74 Å². The van der Waals surface area contributed by atoms with Crippen LogP contribution in [0.15, 0.2) is 0 Å². The molecule has 0 aromatic rings. The Morgan fingerprint density at radius 2 is 2.13 bits per heavy atom. The lowest BCUT2D eigenvalue weighted by Gasteiger charge is -2.34. The van der Waals surface area contributed by atoms with Gasteiger partial charge in [-0.15, -0.1) is 0 Å². The van der Waals surface area contributed by atoms with Crippen LogP contribution in [0, 0.1) is 5.92 Å². The zero-order chi connectivity index (χ0) is 10.9. The average Bonchev–Trinajstić information content (AvgIpc) is 2.17. The Morgan fingerprint density at radius 1 is 1.33 bits per heavy atom. The number of ether oxygens (including phenoxy) is 1. The smallest absolute Gasteiger partial charge is 0.0466 e. The highest BCUT2D eigenvalue weighted by Crippen LogP contribution is 2.31. The van der Waals surface area contributed by atoms with Crippen molar-refractivity contribution in [3.63, 3.8) is 0 Å². The van der Waals surface area contributed by atoms with E-state index in [2.05, 4.69) is 19.2 Å². The first kappa shape index (κ1) is 13.0. The molecule has 0 aromatic carbocycles. The van der Waals surface area contributed by atoms with Crippen molar-refractivity contribution in [1.29, 1.82) is 0 Å². The van der Waals surface area contributed by atoms with Gasteiger partial charge in [0.05, 0.1) is 0 Å². The predicted molar refractivity (Wildman–Crippen MR) is 65.1 cm³/mol. The summed E-state index contributed by atoms with van der Waals surface area (Å²) in [6.45, 7) is 7.28. The van der Waals surface area contributed by atoms with E-state index < -0.39 is 0 Å². The molecule has 2 heteroatoms. The zero-order valence-corrected chi connectivity index (χ0v) is 10.4. The summed E-state index contributed by atoms with van der Waals surface area (Å²) in [5, 5.41) is 3.69. The molecule has 0 heterocycles. The molecule has 1 N–H and O–H groups in total. The first-order valence-electron chi connectivity index (χ1n) is 6.69. The van der Waals surface area contributed by atoms with Crippen LogP contribution < -0.4 is 5.32 Å². The molecule has 1 fully saturated rings. The Kier molecular flexibility index (Phi) is 7.03. The summed E-state index contributed by atoms with van der Waals surface area (Å²) in [6.07, 6.45) is 8.08. The molecule has 15 heavy (non-hydrogen) atoms. The fourth-order valence-electron chi connectivity index (χ4n) is 2.23. The van der Waals surface area contributed by atoms with Crippen LogP contribution >= 0.6 is 0 Å². The van der Waals surface area contributed by atoms with Crippen LogP contribution in [0.5, 0.6) is 0 Å². The van der Waals surface area contributed by atoms with Gasteiger partial charge in [0.1, 0.15) is 0 Å². The second-order valence-corrected chi connectivity index (χ2v) is 4.59. The molecule has 0 saturated heterocycles. The first-order valence-corrected chi connectivity index (χ1v) is 6.69. The van der Waals surface area contributed by atoms with Crippen molar-refractivity contribution in [2.75, 3.05) is 19.8 Å². The standard InChI is InChI=1S/C13H27NO/c1-3-10-14-13(12-7-5-8-12)9-6-11-15-4-2/h12-14H,3-11H2,1-2H3. The monoisotopic (exact) mass is 213 g/mol.